The van der Waals surface area contributed by atoms with Gasteiger partial charge in [-0.1, -0.05) is 17.7 Å². The summed E-state index contributed by atoms with van der Waals surface area (Å²) in [5.41, 5.74) is 1.23. The van der Waals surface area contributed by atoms with Crippen molar-refractivity contribution in [2.24, 2.45) is 0 Å². The van der Waals surface area contributed by atoms with Gasteiger partial charge in [-0.15, -0.1) is 5.10 Å². The van der Waals surface area contributed by atoms with Crippen molar-refractivity contribution in [3.63, 3.8) is 0 Å². The Balaban J connectivity index is 1.48. The fraction of sp³-hybridized carbons (Fsp3) is 0.368. The van der Waals surface area contributed by atoms with Gasteiger partial charge >= 0.3 is 5.69 Å². The second-order valence-electron chi connectivity index (χ2n) is 6.99. The van der Waals surface area contributed by atoms with Gasteiger partial charge in [0, 0.05) is 19.2 Å². The van der Waals surface area contributed by atoms with Crippen molar-refractivity contribution >= 4 is 28.8 Å². The molecule has 0 bridgehead atoms. The highest BCUT2D eigenvalue weighted by molar-refractivity contribution is 6.30. The first-order valence-electron chi connectivity index (χ1n) is 9.45. The molecule has 2 aromatic heterocycles. The molecule has 1 aromatic carbocycles. The topological polar surface area (TPSA) is 93.8 Å². The summed E-state index contributed by atoms with van der Waals surface area (Å²) in [5.74, 6) is -0.995. The fourth-order valence-electron chi connectivity index (χ4n) is 3.29. The number of carbonyl (C=O) groups excluding carboxylic acids is 1. The largest absolute Gasteiger partial charge is 0.378 e. The van der Waals surface area contributed by atoms with E-state index in [-0.39, 0.29) is 11.6 Å². The Morgan fingerprint density at radius 2 is 2.10 bits per heavy atom. The summed E-state index contributed by atoms with van der Waals surface area (Å²) in [4.78, 5) is 27.0. The molecule has 1 amide bonds. The van der Waals surface area contributed by atoms with Crippen LogP contribution in [0.4, 0.5) is 10.1 Å². The second-order valence-corrected chi connectivity index (χ2v) is 7.39. The number of ether oxygens (including phenoxy) is 1. The van der Waals surface area contributed by atoms with Crippen LogP contribution in [0, 0.1) is 5.82 Å². The Morgan fingerprint density at radius 3 is 2.83 bits per heavy atom. The van der Waals surface area contributed by atoms with Gasteiger partial charge < -0.3 is 15.0 Å². The minimum Gasteiger partial charge on any atom is -0.378 e. The number of aromatic nitrogens is 4. The van der Waals surface area contributed by atoms with E-state index in [4.69, 9.17) is 16.3 Å². The molecule has 0 spiro atoms. The van der Waals surface area contributed by atoms with Crippen molar-refractivity contribution in [3.8, 4) is 0 Å². The van der Waals surface area contributed by atoms with Gasteiger partial charge in [-0.3, -0.25) is 4.79 Å². The van der Waals surface area contributed by atoms with Gasteiger partial charge in [0.05, 0.1) is 36.2 Å². The number of rotatable bonds is 5. The van der Waals surface area contributed by atoms with Crippen LogP contribution >= 0.6 is 11.6 Å². The van der Waals surface area contributed by atoms with Crippen molar-refractivity contribution < 1.29 is 13.9 Å². The number of morpholine rings is 1. The molecule has 158 valence electrons. The summed E-state index contributed by atoms with van der Waals surface area (Å²) in [7, 11) is 0. The number of halogens is 2. The molecule has 1 atom stereocenters. The highest BCUT2D eigenvalue weighted by atomic mass is 35.5. The first-order valence-corrected chi connectivity index (χ1v) is 9.83. The van der Waals surface area contributed by atoms with Crippen LogP contribution in [0.5, 0.6) is 0 Å². The van der Waals surface area contributed by atoms with E-state index in [1.54, 1.807) is 25.3 Å². The number of anilines is 1. The summed E-state index contributed by atoms with van der Waals surface area (Å²) >= 11 is 5.69. The molecule has 3 heterocycles. The third kappa shape index (κ3) is 4.14. The van der Waals surface area contributed by atoms with E-state index in [0.717, 1.165) is 28.0 Å². The van der Waals surface area contributed by atoms with Gasteiger partial charge in [-0.2, -0.15) is 9.61 Å². The maximum Gasteiger partial charge on any atom is 0.367 e. The third-order valence-electron chi connectivity index (χ3n) is 4.92. The van der Waals surface area contributed by atoms with Crippen molar-refractivity contribution in [2.45, 2.75) is 19.5 Å². The fourth-order valence-corrected chi connectivity index (χ4v) is 3.40. The molecule has 1 fully saturated rings. The summed E-state index contributed by atoms with van der Waals surface area (Å²) in [5, 5.41) is 11.1. The van der Waals surface area contributed by atoms with Gasteiger partial charge in [-0.05, 0) is 24.6 Å². The number of fused-ring (bicyclic) bond motifs is 1. The van der Waals surface area contributed by atoms with E-state index in [0.29, 0.717) is 24.4 Å². The van der Waals surface area contributed by atoms with E-state index in [1.807, 2.05) is 0 Å². The van der Waals surface area contributed by atoms with E-state index in [1.165, 1.54) is 12.1 Å². The second kappa shape index (κ2) is 8.41. The lowest BCUT2D eigenvalue weighted by Gasteiger charge is -2.28. The Bertz CT molecular complexity index is 1140. The highest BCUT2D eigenvalue weighted by Crippen LogP contribution is 2.20. The number of nitrogens with one attached hydrogen (secondary N) is 1. The normalized spacial score (nSPS) is 15.4. The van der Waals surface area contributed by atoms with Gasteiger partial charge in [0.2, 0.25) is 5.91 Å². The zero-order valence-electron chi connectivity index (χ0n) is 16.2. The zero-order chi connectivity index (χ0) is 21.3. The lowest BCUT2D eigenvalue weighted by molar-refractivity contribution is -0.122. The maximum atomic E-state index is 13.6. The molecule has 0 aliphatic carbocycles. The molecule has 1 saturated heterocycles. The quantitative estimate of drug-likeness (QED) is 0.652. The van der Waals surface area contributed by atoms with Gasteiger partial charge in [0.15, 0.2) is 5.65 Å². The number of hydrogen-bond acceptors (Lipinski definition) is 6. The molecule has 1 aliphatic heterocycles. The van der Waals surface area contributed by atoms with Crippen LogP contribution in [0.2, 0.25) is 5.02 Å². The predicted molar refractivity (Wildman–Crippen MR) is 108 cm³/mol. The van der Waals surface area contributed by atoms with Gasteiger partial charge in [0.25, 0.3) is 0 Å². The van der Waals surface area contributed by atoms with E-state index in [2.05, 4.69) is 20.4 Å². The van der Waals surface area contributed by atoms with Crippen LogP contribution < -0.4 is 15.9 Å². The Morgan fingerprint density at radius 1 is 1.33 bits per heavy atom. The summed E-state index contributed by atoms with van der Waals surface area (Å²) in [6.07, 6.45) is 1.60. The van der Waals surface area contributed by atoms with Crippen molar-refractivity contribution in [1.82, 2.24) is 24.7 Å². The van der Waals surface area contributed by atoms with Crippen LogP contribution in [-0.2, 0) is 16.1 Å². The molecule has 0 unspecified atom stereocenters. The maximum absolute atomic E-state index is 13.6. The summed E-state index contributed by atoms with van der Waals surface area (Å²) in [6.45, 7) is 4.14. The van der Waals surface area contributed by atoms with Crippen molar-refractivity contribution in [2.75, 3.05) is 31.2 Å². The van der Waals surface area contributed by atoms with Gasteiger partial charge in [0.1, 0.15) is 12.4 Å². The highest BCUT2D eigenvalue weighted by Gasteiger charge is 2.17. The lowest BCUT2D eigenvalue weighted by atomic mass is 10.1. The van der Waals surface area contributed by atoms with Crippen molar-refractivity contribution in [1.29, 1.82) is 0 Å². The smallest absolute Gasteiger partial charge is 0.367 e. The number of benzene rings is 1. The van der Waals surface area contributed by atoms with Crippen LogP contribution in [0.1, 0.15) is 18.5 Å². The number of hydrogen-bond donors (Lipinski definition) is 1. The minimum absolute atomic E-state index is 0.0116. The first-order chi connectivity index (χ1) is 14.4. The Kier molecular flexibility index (Phi) is 5.69. The minimum atomic E-state index is -0.561. The first kappa shape index (κ1) is 20.3. The molecule has 0 saturated carbocycles. The van der Waals surface area contributed by atoms with Crippen LogP contribution in [0.25, 0.3) is 5.65 Å². The third-order valence-corrected chi connectivity index (χ3v) is 5.22. The molecule has 1 N–H and O–H groups in total. The average Bonchev–Trinajstić information content (AvgIpc) is 3.05. The molecule has 9 nitrogen and oxygen atoms in total. The number of nitrogens with zero attached hydrogens (tertiary/aromatic N) is 5. The molecule has 30 heavy (non-hydrogen) atoms. The van der Waals surface area contributed by atoms with E-state index in [9.17, 15) is 14.0 Å². The summed E-state index contributed by atoms with van der Waals surface area (Å²) in [6, 6.07) is 5.61. The SMILES string of the molecule is C[C@H](NC(=O)Cn1nc2cc(N3CCOCC3)cnn2c1=O)c1ccc(Cl)c(F)c1. The standard InChI is InChI=1S/C19H20ClFN6O3/c1-12(13-2-3-15(20)16(21)8-13)23-18(28)11-26-19(29)27-17(24-26)9-14(10-22-27)25-4-6-30-7-5-25/h2-3,8-10,12H,4-7,11H2,1H3,(H,23,28)/t12-/m0/s1. The van der Waals surface area contributed by atoms with Crippen LogP contribution in [-0.4, -0.2) is 51.6 Å². The zero-order valence-corrected chi connectivity index (χ0v) is 17.0. The molecular formula is C19H20ClFN6O3. The lowest BCUT2D eigenvalue weighted by Crippen LogP contribution is -2.36. The van der Waals surface area contributed by atoms with Gasteiger partial charge in [-0.25, -0.2) is 13.9 Å². The van der Waals surface area contributed by atoms with E-state index < -0.39 is 23.5 Å². The van der Waals surface area contributed by atoms with E-state index >= 15 is 0 Å². The molecular weight excluding hydrogens is 415 g/mol. The monoisotopic (exact) mass is 434 g/mol. The van der Waals surface area contributed by atoms with Crippen LogP contribution in [0.3, 0.4) is 0 Å². The Labute approximate surface area is 176 Å². The number of amides is 1. The van der Waals surface area contributed by atoms with Crippen LogP contribution in [0.15, 0.2) is 35.3 Å². The molecule has 4 rings (SSSR count). The molecule has 0 radical (unpaired) electrons. The predicted octanol–water partition coefficient (Wildman–Crippen LogP) is 1.40. The average molecular weight is 435 g/mol. The molecule has 3 aromatic rings. The molecule has 11 heteroatoms. The Hall–Kier alpha value is -2.98. The van der Waals surface area contributed by atoms with Crippen molar-refractivity contribution in [3.05, 3.63) is 57.3 Å². The summed E-state index contributed by atoms with van der Waals surface area (Å²) < 4.78 is 21.2. The number of carbonyl (C=O) groups is 1. The molecule has 1 aliphatic rings.